The molecule has 5 rings (SSSR count). The molecule has 3 atom stereocenters. The van der Waals surface area contributed by atoms with Gasteiger partial charge >= 0.3 is 5.97 Å². The van der Waals surface area contributed by atoms with E-state index < -0.39 is 16.0 Å². The van der Waals surface area contributed by atoms with Crippen LogP contribution in [0.2, 0.25) is 0 Å². The molecule has 7 nitrogen and oxygen atoms in total. The highest BCUT2D eigenvalue weighted by Crippen LogP contribution is 2.50. The predicted molar refractivity (Wildman–Crippen MR) is 130 cm³/mol. The standard InChI is InChI=1S/C26H24N2O5S/c1-33-19-5-2-4-18(14-19)28-34(31,32)20-12-13-24-23(15-20)21-6-3-7-22(21)25(27-24)16-8-10-17(11-9-16)26(29)30/h2-6,8-15,21-22,25,27-28H,7H2,1H3,(H,29,30)/t21-,22-,25+/m1/s1. The Hall–Kier alpha value is -3.78. The molecule has 34 heavy (non-hydrogen) atoms. The average Bonchev–Trinajstić information content (AvgIpc) is 3.33. The summed E-state index contributed by atoms with van der Waals surface area (Å²) in [6, 6.07) is 18.8. The van der Waals surface area contributed by atoms with E-state index in [9.17, 15) is 18.3 Å². The van der Waals surface area contributed by atoms with Gasteiger partial charge in [0, 0.05) is 17.7 Å². The van der Waals surface area contributed by atoms with Crippen molar-refractivity contribution in [3.05, 3.63) is 95.6 Å². The second-order valence-electron chi connectivity index (χ2n) is 8.49. The molecule has 0 saturated carbocycles. The Morgan fingerprint density at radius 1 is 1.09 bits per heavy atom. The van der Waals surface area contributed by atoms with Crippen LogP contribution in [-0.2, 0) is 10.0 Å². The van der Waals surface area contributed by atoms with E-state index in [0.717, 1.165) is 23.2 Å². The Balaban J connectivity index is 1.45. The lowest BCUT2D eigenvalue weighted by molar-refractivity contribution is 0.0697. The van der Waals surface area contributed by atoms with Gasteiger partial charge in [-0.05, 0) is 65.9 Å². The van der Waals surface area contributed by atoms with Gasteiger partial charge in [-0.2, -0.15) is 0 Å². The lowest BCUT2D eigenvalue weighted by atomic mass is 9.77. The van der Waals surface area contributed by atoms with E-state index in [4.69, 9.17) is 4.74 Å². The third-order valence-corrected chi connectivity index (χ3v) is 7.86. The zero-order valence-electron chi connectivity index (χ0n) is 18.4. The molecule has 3 aromatic carbocycles. The van der Waals surface area contributed by atoms with Crippen LogP contribution < -0.4 is 14.8 Å². The van der Waals surface area contributed by atoms with E-state index in [0.29, 0.717) is 11.4 Å². The first-order chi connectivity index (χ1) is 16.4. The van der Waals surface area contributed by atoms with E-state index in [1.807, 2.05) is 12.1 Å². The molecule has 3 aromatic rings. The summed E-state index contributed by atoms with van der Waals surface area (Å²) in [5.74, 6) is -0.124. The van der Waals surface area contributed by atoms with Crippen LogP contribution in [0.15, 0.2) is 83.8 Å². The molecule has 0 amide bonds. The van der Waals surface area contributed by atoms with Crippen molar-refractivity contribution in [3.8, 4) is 5.75 Å². The first kappa shape index (κ1) is 22.0. The summed E-state index contributed by atoms with van der Waals surface area (Å²) in [4.78, 5) is 11.4. The van der Waals surface area contributed by atoms with Gasteiger partial charge in [-0.1, -0.05) is 30.4 Å². The fourth-order valence-electron chi connectivity index (χ4n) is 4.80. The van der Waals surface area contributed by atoms with Crippen LogP contribution in [-0.4, -0.2) is 26.6 Å². The van der Waals surface area contributed by atoms with E-state index >= 15 is 0 Å². The number of carboxylic acids is 1. The number of allylic oxidation sites excluding steroid dienone is 2. The molecule has 2 aliphatic rings. The Morgan fingerprint density at radius 3 is 2.62 bits per heavy atom. The minimum absolute atomic E-state index is 0.00675. The molecule has 0 saturated heterocycles. The van der Waals surface area contributed by atoms with Crippen LogP contribution in [0.5, 0.6) is 5.75 Å². The quantitative estimate of drug-likeness (QED) is 0.432. The van der Waals surface area contributed by atoms with Gasteiger partial charge in [0.2, 0.25) is 0 Å². The highest BCUT2D eigenvalue weighted by Gasteiger charge is 2.38. The van der Waals surface area contributed by atoms with E-state index in [-0.39, 0.29) is 28.3 Å². The maximum atomic E-state index is 13.1. The van der Waals surface area contributed by atoms with Gasteiger partial charge in [-0.3, -0.25) is 4.72 Å². The van der Waals surface area contributed by atoms with Crippen molar-refractivity contribution in [2.24, 2.45) is 5.92 Å². The number of rotatable bonds is 6. The fraction of sp³-hybridized carbons (Fsp3) is 0.192. The summed E-state index contributed by atoms with van der Waals surface area (Å²) in [5.41, 5.74) is 3.50. The number of ether oxygens (including phenoxy) is 1. The van der Waals surface area contributed by atoms with Crippen LogP contribution >= 0.6 is 0 Å². The minimum Gasteiger partial charge on any atom is -0.497 e. The van der Waals surface area contributed by atoms with Crippen molar-refractivity contribution in [2.75, 3.05) is 17.1 Å². The summed E-state index contributed by atoms with van der Waals surface area (Å²) >= 11 is 0. The van der Waals surface area contributed by atoms with E-state index in [1.165, 1.54) is 7.11 Å². The molecule has 1 heterocycles. The predicted octanol–water partition coefficient (Wildman–Crippen LogP) is 5.02. The molecule has 3 N–H and O–H groups in total. The molecule has 0 aromatic heterocycles. The van der Waals surface area contributed by atoms with Crippen molar-refractivity contribution in [2.45, 2.75) is 23.3 Å². The number of carboxylic acid groups (broad SMARTS) is 1. The first-order valence-electron chi connectivity index (χ1n) is 10.9. The summed E-state index contributed by atoms with van der Waals surface area (Å²) in [7, 11) is -2.26. The van der Waals surface area contributed by atoms with Gasteiger partial charge in [-0.25, -0.2) is 13.2 Å². The summed E-state index contributed by atoms with van der Waals surface area (Å²) in [6.45, 7) is 0. The highest BCUT2D eigenvalue weighted by atomic mass is 32.2. The maximum absolute atomic E-state index is 13.1. The zero-order valence-corrected chi connectivity index (χ0v) is 19.2. The highest BCUT2D eigenvalue weighted by molar-refractivity contribution is 7.92. The number of anilines is 2. The molecule has 8 heteroatoms. The second-order valence-corrected chi connectivity index (χ2v) is 10.2. The van der Waals surface area contributed by atoms with Crippen LogP contribution in [0, 0.1) is 5.92 Å². The molecule has 0 unspecified atom stereocenters. The normalized spacial score (nSPS) is 20.7. The third kappa shape index (κ3) is 4.01. The van der Waals surface area contributed by atoms with Crippen molar-refractivity contribution in [1.82, 2.24) is 0 Å². The number of sulfonamides is 1. The first-order valence-corrected chi connectivity index (χ1v) is 12.4. The molecule has 0 spiro atoms. The van der Waals surface area contributed by atoms with Crippen molar-refractivity contribution in [3.63, 3.8) is 0 Å². The van der Waals surface area contributed by atoms with E-state index in [2.05, 4.69) is 22.2 Å². The number of methoxy groups -OCH3 is 1. The largest absolute Gasteiger partial charge is 0.497 e. The van der Waals surface area contributed by atoms with Crippen molar-refractivity contribution in [1.29, 1.82) is 0 Å². The number of fused-ring (bicyclic) bond motifs is 3. The maximum Gasteiger partial charge on any atom is 0.335 e. The van der Waals surface area contributed by atoms with Crippen LogP contribution in [0.4, 0.5) is 11.4 Å². The Morgan fingerprint density at radius 2 is 1.88 bits per heavy atom. The minimum atomic E-state index is -3.79. The van der Waals surface area contributed by atoms with Gasteiger partial charge in [0.1, 0.15) is 5.75 Å². The Labute approximate surface area is 198 Å². The van der Waals surface area contributed by atoms with Gasteiger partial charge < -0.3 is 15.2 Å². The molecule has 0 fully saturated rings. The number of hydrogen-bond donors (Lipinski definition) is 3. The number of nitrogens with one attached hydrogen (secondary N) is 2. The average molecular weight is 477 g/mol. The second kappa shape index (κ2) is 8.53. The van der Waals surface area contributed by atoms with Gasteiger partial charge in [0.15, 0.2) is 0 Å². The fourth-order valence-corrected chi connectivity index (χ4v) is 5.89. The Kier molecular flexibility index (Phi) is 5.53. The van der Waals surface area contributed by atoms with Crippen LogP contribution in [0.1, 0.15) is 39.9 Å². The molecule has 1 aliphatic carbocycles. The van der Waals surface area contributed by atoms with Crippen LogP contribution in [0.3, 0.4) is 0 Å². The third-order valence-electron chi connectivity index (χ3n) is 6.48. The number of carbonyl (C=O) groups is 1. The van der Waals surface area contributed by atoms with Gasteiger partial charge in [-0.15, -0.1) is 0 Å². The van der Waals surface area contributed by atoms with Crippen LogP contribution in [0.25, 0.3) is 0 Å². The lowest BCUT2D eigenvalue weighted by Gasteiger charge is -2.37. The summed E-state index contributed by atoms with van der Waals surface area (Å²) in [6.07, 6.45) is 5.11. The van der Waals surface area contributed by atoms with Gasteiger partial charge in [0.25, 0.3) is 10.0 Å². The summed E-state index contributed by atoms with van der Waals surface area (Å²) in [5, 5.41) is 12.7. The van der Waals surface area contributed by atoms with E-state index in [1.54, 1.807) is 54.6 Å². The molecular weight excluding hydrogens is 452 g/mol. The number of aromatic carboxylic acids is 1. The topological polar surface area (TPSA) is 105 Å². The molecule has 0 bridgehead atoms. The molecular formula is C26H24N2O5S. The number of benzene rings is 3. The zero-order chi connectivity index (χ0) is 23.9. The lowest BCUT2D eigenvalue weighted by Crippen LogP contribution is -2.29. The number of hydrogen-bond acceptors (Lipinski definition) is 5. The SMILES string of the molecule is COc1cccc(NS(=O)(=O)c2ccc3c(c2)[C@@H]2C=CC[C@H]2[C@H](c2ccc(C(=O)O)cc2)N3)c1. The smallest absolute Gasteiger partial charge is 0.335 e. The van der Waals surface area contributed by atoms with Gasteiger partial charge in [0.05, 0.1) is 29.3 Å². The molecule has 0 radical (unpaired) electrons. The summed E-state index contributed by atoms with van der Waals surface area (Å²) < 4.78 is 34.0. The van der Waals surface area contributed by atoms with Crippen molar-refractivity contribution >= 4 is 27.4 Å². The molecule has 1 aliphatic heterocycles. The monoisotopic (exact) mass is 476 g/mol. The van der Waals surface area contributed by atoms with Crippen molar-refractivity contribution < 1.29 is 23.1 Å². The Bertz CT molecular complexity index is 1380. The molecule has 174 valence electrons.